The maximum Gasteiger partial charge on any atom is 0.291 e. The maximum absolute atomic E-state index is 12.8. The van der Waals surface area contributed by atoms with E-state index < -0.39 is 16.7 Å². The summed E-state index contributed by atoms with van der Waals surface area (Å²) in [5, 5.41) is 16.6. The van der Waals surface area contributed by atoms with Crippen molar-refractivity contribution in [2.24, 2.45) is 0 Å². The van der Waals surface area contributed by atoms with Gasteiger partial charge in [-0.1, -0.05) is 29.8 Å². The van der Waals surface area contributed by atoms with Crippen molar-refractivity contribution < 1.29 is 18.9 Å². The van der Waals surface area contributed by atoms with Crippen molar-refractivity contribution in [1.82, 2.24) is 5.32 Å². The van der Waals surface area contributed by atoms with Gasteiger partial charge in [-0.25, -0.2) is 0 Å². The largest absolute Gasteiger partial charge is 0.459 e. The lowest BCUT2D eigenvalue weighted by molar-refractivity contribution is -0.384. The molecular weight excluding hydrogens is 410 g/mol. The first-order chi connectivity index (χ1) is 14.3. The highest BCUT2D eigenvalue weighted by molar-refractivity contribution is 6.31. The second-order valence-corrected chi connectivity index (χ2v) is 6.67. The zero-order valence-corrected chi connectivity index (χ0v) is 16.5. The summed E-state index contributed by atoms with van der Waals surface area (Å²) in [6.45, 7) is 1.82. The van der Waals surface area contributed by atoms with E-state index in [0.717, 1.165) is 5.56 Å². The van der Waals surface area contributed by atoms with E-state index in [1.165, 1.54) is 42.7 Å². The minimum atomic E-state index is -0.645. The SMILES string of the molecule is Cc1ccc(NC(=O)/C(=C/c2cccc([N+](=O)[O-])c2)NC(=O)c2ccco2)cc1Cl. The number of carbonyl (C=O) groups is 2. The maximum atomic E-state index is 12.8. The normalized spacial score (nSPS) is 11.1. The molecule has 0 bridgehead atoms. The highest BCUT2D eigenvalue weighted by Crippen LogP contribution is 2.21. The van der Waals surface area contributed by atoms with Gasteiger partial charge >= 0.3 is 0 Å². The van der Waals surface area contributed by atoms with Crippen LogP contribution in [0.1, 0.15) is 21.7 Å². The summed E-state index contributed by atoms with van der Waals surface area (Å²) in [5.41, 5.74) is 1.34. The number of nitrogens with zero attached hydrogens (tertiary/aromatic N) is 1. The Labute approximate surface area is 176 Å². The molecule has 1 aromatic heterocycles. The number of hydrogen-bond acceptors (Lipinski definition) is 5. The number of benzene rings is 2. The van der Waals surface area contributed by atoms with Crippen molar-refractivity contribution in [3.8, 4) is 0 Å². The second-order valence-electron chi connectivity index (χ2n) is 6.26. The summed E-state index contributed by atoms with van der Waals surface area (Å²) in [7, 11) is 0. The number of aryl methyl sites for hydroxylation is 1. The summed E-state index contributed by atoms with van der Waals surface area (Å²) in [4.78, 5) is 35.7. The third-order valence-electron chi connectivity index (χ3n) is 4.06. The number of nitro groups is 1. The average Bonchev–Trinajstić information content (AvgIpc) is 3.25. The molecule has 0 saturated heterocycles. The Balaban J connectivity index is 1.92. The van der Waals surface area contributed by atoms with Gasteiger partial charge in [-0.05, 0) is 48.4 Å². The topological polar surface area (TPSA) is 114 Å². The zero-order chi connectivity index (χ0) is 21.7. The van der Waals surface area contributed by atoms with Crippen LogP contribution in [0.4, 0.5) is 11.4 Å². The van der Waals surface area contributed by atoms with E-state index in [0.29, 0.717) is 16.3 Å². The van der Waals surface area contributed by atoms with Gasteiger partial charge in [0.05, 0.1) is 11.2 Å². The van der Waals surface area contributed by atoms with Crippen LogP contribution < -0.4 is 10.6 Å². The molecule has 0 unspecified atom stereocenters. The summed E-state index contributed by atoms with van der Waals surface area (Å²) >= 11 is 6.09. The molecule has 0 aliphatic rings. The fraction of sp³-hybridized carbons (Fsp3) is 0.0476. The van der Waals surface area contributed by atoms with Gasteiger partial charge < -0.3 is 15.1 Å². The Bertz CT molecular complexity index is 1140. The van der Waals surface area contributed by atoms with Crippen molar-refractivity contribution in [1.29, 1.82) is 0 Å². The lowest BCUT2D eigenvalue weighted by atomic mass is 10.1. The minimum Gasteiger partial charge on any atom is -0.459 e. The lowest BCUT2D eigenvalue weighted by Crippen LogP contribution is -2.30. The van der Waals surface area contributed by atoms with E-state index in [1.54, 1.807) is 24.3 Å². The molecule has 0 aliphatic carbocycles. The lowest BCUT2D eigenvalue weighted by Gasteiger charge is -2.11. The number of rotatable bonds is 6. The predicted molar refractivity (Wildman–Crippen MR) is 112 cm³/mol. The van der Waals surface area contributed by atoms with Crippen LogP contribution in [0, 0.1) is 17.0 Å². The van der Waals surface area contributed by atoms with Crippen LogP contribution in [-0.2, 0) is 4.79 Å². The van der Waals surface area contributed by atoms with Gasteiger partial charge in [-0.2, -0.15) is 0 Å². The molecule has 2 amide bonds. The molecule has 2 aromatic carbocycles. The van der Waals surface area contributed by atoms with Crippen LogP contribution in [0.15, 0.2) is 71.0 Å². The van der Waals surface area contributed by atoms with Gasteiger partial charge in [-0.3, -0.25) is 19.7 Å². The van der Waals surface area contributed by atoms with Gasteiger partial charge in [0.2, 0.25) is 0 Å². The number of amides is 2. The third kappa shape index (κ3) is 5.12. The molecule has 30 heavy (non-hydrogen) atoms. The quantitative estimate of drug-likeness (QED) is 0.341. The summed E-state index contributed by atoms with van der Waals surface area (Å²) < 4.78 is 5.05. The summed E-state index contributed by atoms with van der Waals surface area (Å²) in [6, 6.07) is 13.6. The molecule has 9 heteroatoms. The van der Waals surface area contributed by atoms with Crippen molar-refractivity contribution in [2.75, 3.05) is 5.32 Å². The number of carbonyl (C=O) groups excluding carboxylic acids is 2. The molecule has 0 atom stereocenters. The first kappa shape index (κ1) is 20.8. The van der Waals surface area contributed by atoms with Crippen LogP contribution in [0.2, 0.25) is 5.02 Å². The first-order valence-electron chi connectivity index (χ1n) is 8.72. The van der Waals surface area contributed by atoms with Gasteiger partial charge in [0.1, 0.15) is 5.70 Å². The average molecular weight is 426 g/mol. The molecule has 0 aliphatic heterocycles. The Morgan fingerprint density at radius 3 is 2.60 bits per heavy atom. The van der Waals surface area contributed by atoms with Gasteiger partial charge in [-0.15, -0.1) is 0 Å². The monoisotopic (exact) mass is 425 g/mol. The van der Waals surface area contributed by atoms with Crippen LogP contribution in [0.5, 0.6) is 0 Å². The number of nitro benzene ring substituents is 1. The molecular formula is C21H16ClN3O5. The van der Waals surface area contributed by atoms with Crippen molar-refractivity contribution in [3.63, 3.8) is 0 Å². The molecule has 8 nitrogen and oxygen atoms in total. The van der Waals surface area contributed by atoms with Gasteiger partial charge in [0.25, 0.3) is 17.5 Å². The molecule has 2 N–H and O–H groups in total. The summed E-state index contributed by atoms with van der Waals surface area (Å²) in [5.74, 6) is -1.28. The highest BCUT2D eigenvalue weighted by atomic mass is 35.5. The molecule has 152 valence electrons. The minimum absolute atomic E-state index is 0.00567. The van der Waals surface area contributed by atoms with Gasteiger partial charge in [0, 0.05) is 22.8 Å². The predicted octanol–water partition coefficient (Wildman–Crippen LogP) is 4.56. The standard InChI is InChI=1S/C21H16ClN3O5/c1-13-7-8-15(12-17(13)22)23-20(26)18(24-21(27)19-6-3-9-30-19)11-14-4-2-5-16(10-14)25(28)29/h2-12H,1H3,(H,23,26)(H,24,27)/b18-11-. The van der Waals surface area contributed by atoms with E-state index in [-0.39, 0.29) is 17.1 Å². The fourth-order valence-electron chi connectivity index (χ4n) is 2.51. The number of non-ortho nitro benzene ring substituents is 1. The molecule has 3 aromatic rings. The highest BCUT2D eigenvalue weighted by Gasteiger charge is 2.17. The Morgan fingerprint density at radius 1 is 1.13 bits per heavy atom. The van der Waals surface area contributed by atoms with Gasteiger partial charge in [0.15, 0.2) is 5.76 Å². The van der Waals surface area contributed by atoms with Crippen LogP contribution in [0.25, 0.3) is 6.08 Å². The number of nitrogens with one attached hydrogen (secondary N) is 2. The number of anilines is 1. The van der Waals surface area contributed by atoms with Crippen LogP contribution in [-0.4, -0.2) is 16.7 Å². The van der Waals surface area contributed by atoms with E-state index in [9.17, 15) is 19.7 Å². The van der Waals surface area contributed by atoms with E-state index in [2.05, 4.69) is 10.6 Å². The second kappa shape index (κ2) is 9.06. The summed E-state index contributed by atoms with van der Waals surface area (Å²) in [6.07, 6.45) is 2.66. The number of hydrogen-bond donors (Lipinski definition) is 2. The Morgan fingerprint density at radius 2 is 1.93 bits per heavy atom. The van der Waals surface area contributed by atoms with Crippen molar-refractivity contribution in [2.45, 2.75) is 6.92 Å². The smallest absolute Gasteiger partial charge is 0.291 e. The molecule has 0 spiro atoms. The Hall–Kier alpha value is -3.91. The van der Waals surface area contributed by atoms with Crippen molar-refractivity contribution >= 4 is 40.9 Å². The number of halogens is 1. The van der Waals surface area contributed by atoms with E-state index in [1.807, 2.05) is 6.92 Å². The molecule has 3 rings (SSSR count). The Kier molecular flexibility index (Phi) is 6.29. The molecule has 0 saturated carbocycles. The number of furan rings is 1. The molecule has 0 radical (unpaired) electrons. The molecule has 1 heterocycles. The third-order valence-corrected chi connectivity index (χ3v) is 4.47. The van der Waals surface area contributed by atoms with Crippen molar-refractivity contribution in [3.05, 3.63) is 98.6 Å². The van der Waals surface area contributed by atoms with E-state index >= 15 is 0 Å². The van der Waals surface area contributed by atoms with Crippen LogP contribution >= 0.6 is 11.6 Å². The zero-order valence-electron chi connectivity index (χ0n) is 15.7. The fourth-order valence-corrected chi connectivity index (χ4v) is 2.69. The first-order valence-corrected chi connectivity index (χ1v) is 9.10. The van der Waals surface area contributed by atoms with Crippen LogP contribution in [0.3, 0.4) is 0 Å². The molecule has 0 fully saturated rings. The van der Waals surface area contributed by atoms with E-state index in [4.69, 9.17) is 16.0 Å².